The molecule has 0 spiro atoms. The van der Waals surface area contributed by atoms with Gasteiger partial charge < -0.3 is 10.1 Å². The Morgan fingerprint density at radius 3 is 2.63 bits per heavy atom. The number of halogens is 1. The van der Waals surface area contributed by atoms with Crippen LogP contribution in [0, 0.1) is 0 Å². The molecule has 19 heavy (non-hydrogen) atoms. The van der Waals surface area contributed by atoms with Crippen LogP contribution in [0.25, 0.3) is 0 Å². The highest BCUT2D eigenvalue weighted by atomic mass is 35.5. The number of para-hydroxylation sites is 1. The summed E-state index contributed by atoms with van der Waals surface area (Å²) in [5.74, 6) is 1.47. The van der Waals surface area contributed by atoms with Crippen molar-refractivity contribution in [2.24, 2.45) is 0 Å². The van der Waals surface area contributed by atoms with Crippen molar-refractivity contribution in [1.82, 2.24) is 5.32 Å². The Morgan fingerprint density at radius 1 is 1.21 bits per heavy atom. The molecule has 1 aromatic carbocycles. The smallest absolute Gasteiger partial charge is 0.123 e. The van der Waals surface area contributed by atoms with Crippen LogP contribution in [0.4, 0.5) is 0 Å². The van der Waals surface area contributed by atoms with E-state index in [4.69, 9.17) is 4.74 Å². The van der Waals surface area contributed by atoms with Gasteiger partial charge in [0, 0.05) is 13.1 Å². The molecular formula is C16H24ClNO. The second-order valence-corrected chi connectivity index (χ2v) is 4.42. The molecule has 0 heterocycles. The van der Waals surface area contributed by atoms with E-state index >= 15 is 0 Å². The standard InChI is InChI=1S/C16H23NO.ClH/c1-4-11-17-12-7-8-13-18-16-10-6-5-9-15(16)14(2)3;/h4-10,14,17H,1,11-13H2,2-3H3;1H/b8-7+;. The Morgan fingerprint density at radius 2 is 1.95 bits per heavy atom. The Bertz CT molecular complexity index is 388. The lowest BCUT2D eigenvalue weighted by atomic mass is 10.0. The van der Waals surface area contributed by atoms with Crippen LogP contribution in [0.1, 0.15) is 25.3 Å². The van der Waals surface area contributed by atoms with Gasteiger partial charge in [-0.2, -0.15) is 0 Å². The Balaban J connectivity index is 0.00000324. The van der Waals surface area contributed by atoms with Gasteiger partial charge in [-0.3, -0.25) is 0 Å². The molecule has 1 aromatic rings. The molecule has 1 rings (SSSR count). The number of nitrogens with one attached hydrogen (secondary N) is 1. The van der Waals surface area contributed by atoms with Crippen molar-refractivity contribution in [3.8, 4) is 5.75 Å². The lowest BCUT2D eigenvalue weighted by Crippen LogP contribution is -2.12. The number of benzene rings is 1. The molecule has 0 aliphatic carbocycles. The average Bonchev–Trinajstić information content (AvgIpc) is 2.38. The minimum atomic E-state index is 0. The van der Waals surface area contributed by atoms with Crippen molar-refractivity contribution in [2.75, 3.05) is 19.7 Å². The molecule has 1 N–H and O–H groups in total. The van der Waals surface area contributed by atoms with Crippen LogP contribution in [-0.4, -0.2) is 19.7 Å². The first-order valence-corrected chi connectivity index (χ1v) is 6.44. The van der Waals surface area contributed by atoms with Gasteiger partial charge in [0.15, 0.2) is 0 Å². The monoisotopic (exact) mass is 281 g/mol. The molecule has 0 aliphatic rings. The molecule has 0 aromatic heterocycles. The zero-order chi connectivity index (χ0) is 13.2. The fraction of sp³-hybridized carbons (Fsp3) is 0.375. The highest BCUT2D eigenvalue weighted by Gasteiger charge is 2.05. The minimum Gasteiger partial charge on any atom is -0.489 e. The van der Waals surface area contributed by atoms with Crippen molar-refractivity contribution in [3.05, 3.63) is 54.6 Å². The maximum Gasteiger partial charge on any atom is 0.123 e. The lowest BCUT2D eigenvalue weighted by Gasteiger charge is -2.12. The predicted octanol–water partition coefficient (Wildman–Crippen LogP) is 3.94. The molecule has 106 valence electrons. The predicted molar refractivity (Wildman–Crippen MR) is 85.5 cm³/mol. The average molecular weight is 282 g/mol. The van der Waals surface area contributed by atoms with E-state index in [0.717, 1.165) is 18.8 Å². The SMILES string of the molecule is C=CCNC/C=C/COc1ccccc1C(C)C.Cl. The third kappa shape index (κ3) is 7.04. The first-order valence-electron chi connectivity index (χ1n) is 6.44. The maximum absolute atomic E-state index is 5.77. The summed E-state index contributed by atoms with van der Waals surface area (Å²) >= 11 is 0. The van der Waals surface area contributed by atoms with Gasteiger partial charge in [-0.25, -0.2) is 0 Å². The Hall–Kier alpha value is -1.25. The molecule has 3 heteroatoms. The fourth-order valence-electron chi connectivity index (χ4n) is 1.65. The van der Waals surface area contributed by atoms with Crippen molar-refractivity contribution in [1.29, 1.82) is 0 Å². The highest BCUT2D eigenvalue weighted by molar-refractivity contribution is 5.85. The van der Waals surface area contributed by atoms with E-state index < -0.39 is 0 Å². The molecule has 0 saturated heterocycles. The van der Waals surface area contributed by atoms with Gasteiger partial charge in [0.2, 0.25) is 0 Å². The molecule has 2 nitrogen and oxygen atoms in total. The summed E-state index contributed by atoms with van der Waals surface area (Å²) in [5.41, 5.74) is 1.26. The van der Waals surface area contributed by atoms with Gasteiger partial charge in [-0.15, -0.1) is 19.0 Å². The Labute approximate surface area is 123 Å². The summed E-state index contributed by atoms with van der Waals surface area (Å²) in [6.07, 6.45) is 5.96. The van der Waals surface area contributed by atoms with Crippen molar-refractivity contribution in [2.45, 2.75) is 19.8 Å². The van der Waals surface area contributed by atoms with Gasteiger partial charge >= 0.3 is 0 Å². The summed E-state index contributed by atoms with van der Waals surface area (Å²) in [7, 11) is 0. The molecule has 0 atom stereocenters. The minimum absolute atomic E-state index is 0. The summed E-state index contributed by atoms with van der Waals surface area (Å²) in [6, 6.07) is 8.21. The van der Waals surface area contributed by atoms with E-state index in [1.807, 2.05) is 24.3 Å². The fourth-order valence-corrected chi connectivity index (χ4v) is 1.65. The second kappa shape index (κ2) is 10.7. The molecule has 0 bridgehead atoms. The van der Waals surface area contributed by atoms with Crippen molar-refractivity contribution >= 4 is 12.4 Å². The quantitative estimate of drug-likeness (QED) is 0.576. The zero-order valence-electron chi connectivity index (χ0n) is 11.8. The van der Waals surface area contributed by atoms with Crippen LogP contribution in [-0.2, 0) is 0 Å². The molecule has 0 saturated carbocycles. The van der Waals surface area contributed by atoms with Crippen LogP contribution in [0.2, 0.25) is 0 Å². The van der Waals surface area contributed by atoms with E-state index in [1.165, 1.54) is 5.56 Å². The first-order chi connectivity index (χ1) is 8.75. The van der Waals surface area contributed by atoms with Gasteiger partial charge in [0.05, 0.1) is 0 Å². The van der Waals surface area contributed by atoms with E-state index in [0.29, 0.717) is 12.5 Å². The molecule has 0 fully saturated rings. The summed E-state index contributed by atoms with van der Waals surface area (Å²) in [5, 5.41) is 3.20. The van der Waals surface area contributed by atoms with Crippen LogP contribution in [0.3, 0.4) is 0 Å². The van der Waals surface area contributed by atoms with E-state index in [2.05, 4.69) is 44.0 Å². The molecule has 0 unspecified atom stereocenters. The van der Waals surface area contributed by atoms with Gasteiger partial charge in [0.1, 0.15) is 12.4 Å². The Kier molecular flexibility index (Phi) is 9.95. The largest absolute Gasteiger partial charge is 0.489 e. The summed E-state index contributed by atoms with van der Waals surface area (Å²) < 4.78 is 5.77. The van der Waals surface area contributed by atoms with Gasteiger partial charge in [-0.05, 0) is 17.5 Å². The van der Waals surface area contributed by atoms with E-state index in [9.17, 15) is 0 Å². The second-order valence-electron chi connectivity index (χ2n) is 4.42. The molecule has 0 amide bonds. The maximum atomic E-state index is 5.77. The highest BCUT2D eigenvalue weighted by Crippen LogP contribution is 2.25. The lowest BCUT2D eigenvalue weighted by molar-refractivity contribution is 0.357. The zero-order valence-corrected chi connectivity index (χ0v) is 12.6. The third-order valence-electron chi connectivity index (χ3n) is 2.59. The van der Waals surface area contributed by atoms with Crippen molar-refractivity contribution in [3.63, 3.8) is 0 Å². The molecular weight excluding hydrogens is 258 g/mol. The topological polar surface area (TPSA) is 21.3 Å². The number of hydrogen-bond donors (Lipinski definition) is 1. The first kappa shape index (κ1) is 17.8. The van der Waals surface area contributed by atoms with Crippen LogP contribution in [0.15, 0.2) is 49.1 Å². The number of ether oxygens (including phenoxy) is 1. The number of rotatable bonds is 8. The van der Waals surface area contributed by atoms with Gasteiger partial charge in [0.25, 0.3) is 0 Å². The van der Waals surface area contributed by atoms with Crippen LogP contribution in [0.5, 0.6) is 5.75 Å². The van der Waals surface area contributed by atoms with E-state index in [1.54, 1.807) is 0 Å². The number of hydrogen-bond acceptors (Lipinski definition) is 2. The normalized spacial score (nSPS) is 10.5. The van der Waals surface area contributed by atoms with Crippen LogP contribution >= 0.6 is 12.4 Å². The summed E-state index contributed by atoms with van der Waals surface area (Å²) in [6.45, 7) is 10.3. The summed E-state index contributed by atoms with van der Waals surface area (Å²) in [4.78, 5) is 0. The van der Waals surface area contributed by atoms with Crippen molar-refractivity contribution < 1.29 is 4.74 Å². The van der Waals surface area contributed by atoms with Gasteiger partial charge in [-0.1, -0.05) is 50.3 Å². The van der Waals surface area contributed by atoms with E-state index in [-0.39, 0.29) is 12.4 Å². The third-order valence-corrected chi connectivity index (χ3v) is 2.59. The molecule has 0 aliphatic heterocycles. The van der Waals surface area contributed by atoms with Crippen LogP contribution < -0.4 is 10.1 Å². The molecule has 0 radical (unpaired) electrons.